The van der Waals surface area contributed by atoms with E-state index in [1.54, 1.807) is 0 Å². The van der Waals surface area contributed by atoms with Gasteiger partial charge in [0.1, 0.15) is 6.04 Å². The number of anilines is 2. The van der Waals surface area contributed by atoms with Gasteiger partial charge < -0.3 is 15.5 Å². The fourth-order valence-electron chi connectivity index (χ4n) is 4.02. The van der Waals surface area contributed by atoms with Crippen molar-refractivity contribution in [2.24, 2.45) is 0 Å². The Morgan fingerprint density at radius 2 is 1.67 bits per heavy atom. The van der Waals surface area contributed by atoms with Crippen molar-refractivity contribution in [1.82, 2.24) is 5.32 Å². The summed E-state index contributed by atoms with van der Waals surface area (Å²) in [5.74, 6) is -0.171. The molecule has 1 saturated heterocycles. The number of rotatable bonds is 3. The standard InChI is InChI=1S/C19H27N3O2/c1-12-9-16-17(10-13(12)2)22(18(14(3)23)15(4)24)11-19(21-16)5-7-20-8-6-19/h9-10,18,20-21H,5-8,11H2,1-4H3. The fraction of sp³-hybridized carbons (Fsp3) is 0.579. The molecule has 0 aromatic heterocycles. The van der Waals surface area contributed by atoms with Crippen LogP contribution in [0.4, 0.5) is 11.4 Å². The first-order valence-corrected chi connectivity index (χ1v) is 8.71. The highest BCUT2D eigenvalue weighted by molar-refractivity contribution is 6.08. The molecule has 2 N–H and O–H groups in total. The third kappa shape index (κ3) is 2.93. The summed E-state index contributed by atoms with van der Waals surface area (Å²) in [4.78, 5) is 26.5. The predicted molar refractivity (Wildman–Crippen MR) is 96.9 cm³/mol. The number of ketones is 2. The van der Waals surface area contributed by atoms with Crippen LogP contribution in [0.5, 0.6) is 0 Å². The molecule has 0 bridgehead atoms. The zero-order chi connectivity index (χ0) is 17.5. The van der Waals surface area contributed by atoms with Gasteiger partial charge in [-0.2, -0.15) is 0 Å². The SMILES string of the molecule is CC(=O)C(C(C)=O)N1CC2(CCNCC2)Nc2cc(C)c(C)cc21. The van der Waals surface area contributed by atoms with Gasteiger partial charge in [-0.15, -0.1) is 0 Å². The maximum absolute atomic E-state index is 12.2. The van der Waals surface area contributed by atoms with Crippen molar-refractivity contribution in [2.45, 2.75) is 52.1 Å². The molecule has 24 heavy (non-hydrogen) atoms. The van der Waals surface area contributed by atoms with Gasteiger partial charge in [0.25, 0.3) is 0 Å². The Balaban J connectivity index is 2.10. The molecule has 3 rings (SSSR count). The van der Waals surface area contributed by atoms with E-state index in [1.165, 1.54) is 25.0 Å². The summed E-state index contributed by atoms with van der Waals surface area (Å²) in [6.07, 6.45) is 1.97. The molecule has 0 radical (unpaired) electrons. The number of carbonyl (C=O) groups excluding carboxylic acids is 2. The smallest absolute Gasteiger partial charge is 0.159 e. The Morgan fingerprint density at radius 1 is 1.08 bits per heavy atom. The van der Waals surface area contributed by atoms with Crippen LogP contribution >= 0.6 is 0 Å². The minimum absolute atomic E-state index is 0.0803. The first-order chi connectivity index (χ1) is 11.3. The lowest BCUT2D eigenvalue weighted by molar-refractivity contribution is -0.126. The van der Waals surface area contributed by atoms with Gasteiger partial charge >= 0.3 is 0 Å². The van der Waals surface area contributed by atoms with Crippen molar-refractivity contribution in [3.8, 4) is 0 Å². The van der Waals surface area contributed by atoms with E-state index in [4.69, 9.17) is 0 Å². The molecule has 0 aliphatic carbocycles. The molecular formula is C19H27N3O2. The van der Waals surface area contributed by atoms with Gasteiger partial charge in [-0.3, -0.25) is 9.59 Å². The van der Waals surface area contributed by atoms with Gasteiger partial charge in [-0.05, 0) is 76.9 Å². The first kappa shape index (κ1) is 17.0. The molecule has 2 aliphatic heterocycles. The van der Waals surface area contributed by atoms with Crippen LogP contribution in [0.3, 0.4) is 0 Å². The van der Waals surface area contributed by atoms with Crippen LogP contribution in [0.1, 0.15) is 37.8 Å². The monoisotopic (exact) mass is 329 g/mol. The van der Waals surface area contributed by atoms with E-state index >= 15 is 0 Å². The van der Waals surface area contributed by atoms with Gasteiger partial charge in [0.05, 0.1) is 16.9 Å². The van der Waals surface area contributed by atoms with Crippen LogP contribution in [-0.4, -0.2) is 42.8 Å². The normalized spacial score (nSPS) is 19.1. The molecule has 0 atom stereocenters. The largest absolute Gasteiger partial charge is 0.376 e. The van der Waals surface area contributed by atoms with Crippen molar-refractivity contribution >= 4 is 22.9 Å². The third-order valence-corrected chi connectivity index (χ3v) is 5.44. The number of Topliss-reactive ketones (excluding diaryl/α,β-unsaturated/α-hetero) is 2. The molecule has 1 aromatic rings. The van der Waals surface area contributed by atoms with Crippen LogP contribution < -0.4 is 15.5 Å². The van der Waals surface area contributed by atoms with Crippen molar-refractivity contribution in [1.29, 1.82) is 0 Å². The van der Waals surface area contributed by atoms with Gasteiger partial charge in [0.15, 0.2) is 11.6 Å². The molecule has 1 fully saturated rings. The molecular weight excluding hydrogens is 302 g/mol. The lowest BCUT2D eigenvalue weighted by Crippen LogP contribution is -2.61. The zero-order valence-electron chi connectivity index (χ0n) is 15.0. The van der Waals surface area contributed by atoms with Gasteiger partial charge in [-0.1, -0.05) is 0 Å². The maximum Gasteiger partial charge on any atom is 0.159 e. The summed E-state index contributed by atoms with van der Waals surface area (Å²) >= 11 is 0. The molecule has 2 heterocycles. The van der Waals surface area contributed by atoms with Gasteiger partial charge in [-0.25, -0.2) is 0 Å². The second kappa shape index (κ2) is 6.20. The Morgan fingerprint density at radius 3 is 2.25 bits per heavy atom. The highest BCUT2D eigenvalue weighted by Crippen LogP contribution is 2.40. The fourth-order valence-corrected chi connectivity index (χ4v) is 4.02. The topological polar surface area (TPSA) is 61.4 Å². The minimum Gasteiger partial charge on any atom is -0.376 e. The van der Waals surface area contributed by atoms with E-state index in [0.29, 0.717) is 6.54 Å². The van der Waals surface area contributed by atoms with Crippen LogP contribution in [0.25, 0.3) is 0 Å². The summed E-state index contributed by atoms with van der Waals surface area (Å²) in [6.45, 7) is 9.79. The number of hydrogen-bond acceptors (Lipinski definition) is 5. The third-order valence-electron chi connectivity index (χ3n) is 5.44. The highest BCUT2D eigenvalue weighted by Gasteiger charge is 2.42. The van der Waals surface area contributed by atoms with Crippen molar-refractivity contribution in [2.75, 3.05) is 29.9 Å². The molecule has 0 unspecified atom stereocenters. The molecule has 1 spiro atoms. The minimum atomic E-state index is -0.695. The Labute approximate surface area is 143 Å². The van der Waals surface area contributed by atoms with Gasteiger partial charge in [0.2, 0.25) is 0 Å². The molecule has 2 aliphatic rings. The summed E-state index contributed by atoms with van der Waals surface area (Å²) in [7, 11) is 0. The predicted octanol–water partition coefficient (Wildman–Crippen LogP) is 2.20. The number of nitrogens with one attached hydrogen (secondary N) is 2. The van der Waals surface area contributed by atoms with E-state index in [9.17, 15) is 9.59 Å². The highest BCUT2D eigenvalue weighted by atomic mass is 16.2. The zero-order valence-corrected chi connectivity index (χ0v) is 15.0. The van der Waals surface area contributed by atoms with Crippen molar-refractivity contribution < 1.29 is 9.59 Å². The Kier molecular flexibility index (Phi) is 4.38. The number of carbonyl (C=O) groups is 2. The number of nitrogens with zero attached hydrogens (tertiary/aromatic N) is 1. The second-order valence-corrected chi connectivity index (χ2v) is 7.36. The summed E-state index contributed by atoms with van der Waals surface area (Å²) in [6, 6.07) is 3.56. The van der Waals surface area contributed by atoms with E-state index in [1.807, 2.05) is 4.90 Å². The molecule has 5 heteroatoms. The summed E-state index contributed by atoms with van der Waals surface area (Å²) < 4.78 is 0. The molecule has 5 nitrogen and oxygen atoms in total. The number of benzene rings is 1. The van der Waals surface area contributed by atoms with Crippen molar-refractivity contribution in [3.05, 3.63) is 23.3 Å². The van der Waals surface area contributed by atoms with E-state index in [0.717, 1.165) is 37.3 Å². The second-order valence-electron chi connectivity index (χ2n) is 7.36. The number of fused-ring (bicyclic) bond motifs is 1. The Hall–Kier alpha value is -1.88. The molecule has 0 amide bonds. The number of hydrogen-bond donors (Lipinski definition) is 2. The number of piperidine rings is 1. The summed E-state index contributed by atoms with van der Waals surface area (Å²) in [5, 5.41) is 7.14. The van der Waals surface area contributed by atoms with Crippen LogP contribution in [0.2, 0.25) is 0 Å². The molecule has 0 saturated carbocycles. The molecule has 130 valence electrons. The molecule has 1 aromatic carbocycles. The van der Waals surface area contributed by atoms with Crippen LogP contribution in [-0.2, 0) is 9.59 Å². The maximum atomic E-state index is 12.2. The number of aryl methyl sites for hydroxylation is 2. The lowest BCUT2D eigenvalue weighted by Gasteiger charge is -2.49. The lowest BCUT2D eigenvalue weighted by atomic mass is 9.83. The Bertz CT molecular complexity index is 663. The average molecular weight is 329 g/mol. The quantitative estimate of drug-likeness (QED) is 0.833. The van der Waals surface area contributed by atoms with E-state index in [2.05, 4.69) is 36.6 Å². The van der Waals surface area contributed by atoms with Crippen LogP contribution in [0, 0.1) is 13.8 Å². The summed E-state index contributed by atoms with van der Waals surface area (Å²) in [5.41, 5.74) is 4.32. The first-order valence-electron chi connectivity index (χ1n) is 8.71. The van der Waals surface area contributed by atoms with Crippen molar-refractivity contribution in [3.63, 3.8) is 0 Å². The average Bonchev–Trinajstić information content (AvgIpc) is 2.49. The van der Waals surface area contributed by atoms with E-state index < -0.39 is 6.04 Å². The van der Waals surface area contributed by atoms with Gasteiger partial charge in [0, 0.05) is 6.54 Å². The van der Waals surface area contributed by atoms with Crippen LogP contribution in [0.15, 0.2) is 12.1 Å². The van der Waals surface area contributed by atoms with E-state index in [-0.39, 0.29) is 17.1 Å².